The highest BCUT2D eigenvalue weighted by molar-refractivity contribution is 5.70. The largest absolute Gasteiger partial charge is 0.481 e. The van der Waals surface area contributed by atoms with Crippen molar-refractivity contribution in [2.24, 2.45) is 5.92 Å². The maximum atomic E-state index is 10.9. The number of aryl methyl sites for hydroxylation is 3. The lowest BCUT2D eigenvalue weighted by Crippen LogP contribution is -2.34. The lowest BCUT2D eigenvalue weighted by molar-refractivity contribution is -0.142. The van der Waals surface area contributed by atoms with E-state index in [0.717, 1.165) is 32.2 Å². The van der Waals surface area contributed by atoms with Crippen LogP contribution in [0.2, 0.25) is 0 Å². The van der Waals surface area contributed by atoms with Crippen molar-refractivity contribution in [2.75, 3.05) is 0 Å². The van der Waals surface area contributed by atoms with Crippen LogP contribution in [0.15, 0.2) is 12.1 Å². The van der Waals surface area contributed by atoms with Crippen molar-refractivity contribution in [2.45, 2.75) is 59.0 Å². The second-order valence-electron chi connectivity index (χ2n) is 6.14. The van der Waals surface area contributed by atoms with Gasteiger partial charge in [-0.25, -0.2) is 0 Å². The molecule has 0 saturated heterocycles. The van der Waals surface area contributed by atoms with Gasteiger partial charge in [-0.3, -0.25) is 4.79 Å². The minimum absolute atomic E-state index is 0.129. The molecular weight excluding hydrogens is 250 g/mol. The highest BCUT2D eigenvalue weighted by atomic mass is 16.4. The van der Waals surface area contributed by atoms with E-state index in [9.17, 15) is 4.79 Å². The third kappa shape index (κ3) is 3.60. The van der Waals surface area contributed by atoms with E-state index in [2.05, 4.69) is 38.2 Å². The average Bonchev–Trinajstić information content (AvgIpc) is 2.38. The first-order valence-corrected chi connectivity index (χ1v) is 7.50. The molecule has 1 fully saturated rings. The minimum Gasteiger partial charge on any atom is -0.481 e. The third-order valence-corrected chi connectivity index (χ3v) is 4.48. The third-order valence-electron chi connectivity index (χ3n) is 4.48. The Labute approximate surface area is 121 Å². The van der Waals surface area contributed by atoms with Crippen molar-refractivity contribution in [3.05, 3.63) is 34.4 Å². The van der Waals surface area contributed by atoms with E-state index in [1.54, 1.807) is 0 Å². The predicted octanol–water partition coefficient (Wildman–Crippen LogP) is 3.34. The quantitative estimate of drug-likeness (QED) is 0.886. The Bertz CT molecular complexity index is 465. The molecule has 2 rings (SSSR count). The fraction of sp³-hybridized carbons (Fsp3) is 0.588. The standard InChI is InChI=1S/C17H25NO2/c1-11-8-12(2)16(13(3)9-11)10-18-15-6-4-14(5-7-15)17(19)20/h8-9,14-15,18H,4-7,10H2,1-3H3,(H,19,20). The fourth-order valence-electron chi connectivity index (χ4n) is 3.28. The van der Waals surface area contributed by atoms with E-state index in [1.165, 1.54) is 22.3 Å². The first-order valence-electron chi connectivity index (χ1n) is 7.50. The fourth-order valence-corrected chi connectivity index (χ4v) is 3.28. The molecule has 20 heavy (non-hydrogen) atoms. The number of carboxylic acids is 1. The zero-order chi connectivity index (χ0) is 14.7. The second-order valence-corrected chi connectivity index (χ2v) is 6.14. The molecule has 3 heteroatoms. The summed E-state index contributed by atoms with van der Waals surface area (Å²) in [6, 6.07) is 4.92. The zero-order valence-electron chi connectivity index (χ0n) is 12.7. The second kappa shape index (κ2) is 6.40. The van der Waals surface area contributed by atoms with Gasteiger partial charge in [0.05, 0.1) is 5.92 Å². The van der Waals surface area contributed by atoms with Crippen LogP contribution in [0.5, 0.6) is 0 Å². The molecule has 0 heterocycles. The van der Waals surface area contributed by atoms with Gasteiger partial charge in [0.15, 0.2) is 0 Å². The Hall–Kier alpha value is -1.35. The Morgan fingerprint density at radius 1 is 1.15 bits per heavy atom. The smallest absolute Gasteiger partial charge is 0.306 e. The summed E-state index contributed by atoms with van der Waals surface area (Å²) in [4.78, 5) is 10.9. The van der Waals surface area contributed by atoms with Crippen molar-refractivity contribution < 1.29 is 9.90 Å². The summed E-state index contributed by atoms with van der Waals surface area (Å²) in [5, 5.41) is 12.6. The molecule has 1 aromatic carbocycles. The highest BCUT2D eigenvalue weighted by Crippen LogP contribution is 2.25. The molecule has 0 aliphatic heterocycles. The molecule has 0 radical (unpaired) electrons. The Kier molecular flexibility index (Phi) is 4.81. The summed E-state index contributed by atoms with van der Waals surface area (Å²) in [6.07, 6.45) is 3.56. The van der Waals surface area contributed by atoms with E-state index in [4.69, 9.17) is 5.11 Å². The van der Waals surface area contributed by atoms with E-state index < -0.39 is 5.97 Å². The summed E-state index contributed by atoms with van der Waals surface area (Å²) < 4.78 is 0. The molecule has 0 aromatic heterocycles. The summed E-state index contributed by atoms with van der Waals surface area (Å²) >= 11 is 0. The number of hydrogen-bond donors (Lipinski definition) is 2. The highest BCUT2D eigenvalue weighted by Gasteiger charge is 2.25. The molecule has 110 valence electrons. The molecule has 2 N–H and O–H groups in total. The summed E-state index contributed by atoms with van der Waals surface area (Å²) in [7, 11) is 0. The monoisotopic (exact) mass is 275 g/mol. The van der Waals surface area contributed by atoms with Gasteiger partial charge >= 0.3 is 5.97 Å². The Morgan fingerprint density at radius 3 is 2.20 bits per heavy atom. The number of carbonyl (C=O) groups is 1. The van der Waals surface area contributed by atoms with E-state index >= 15 is 0 Å². The normalized spacial score (nSPS) is 22.8. The summed E-state index contributed by atoms with van der Waals surface area (Å²) in [6.45, 7) is 7.35. The van der Waals surface area contributed by atoms with E-state index in [1.807, 2.05) is 0 Å². The average molecular weight is 275 g/mol. The molecule has 0 atom stereocenters. The predicted molar refractivity (Wildman–Crippen MR) is 80.9 cm³/mol. The van der Waals surface area contributed by atoms with Crippen LogP contribution in [0.4, 0.5) is 0 Å². The van der Waals surface area contributed by atoms with Crippen molar-refractivity contribution >= 4 is 5.97 Å². The van der Waals surface area contributed by atoms with Crippen LogP contribution in [0.1, 0.15) is 47.9 Å². The van der Waals surface area contributed by atoms with E-state index in [-0.39, 0.29) is 5.92 Å². The lowest BCUT2D eigenvalue weighted by Gasteiger charge is -2.27. The minimum atomic E-state index is -0.631. The first-order chi connectivity index (χ1) is 9.47. The Morgan fingerprint density at radius 2 is 1.70 bits per heavy atom. The number of rotatable bonds is 4. The SMILES string of the molecule is Cc1cc(C)c(CNC2CCC(C(=O)O)CC2)c(C)c1. The summed E-state index contributed by atoms with van der Waals surface area (Å²) in [5.74, 6) is -0.760. The Balaban J connectivity index is 1.89. The van der Waals surface area contributed by atoms with Crippen LogP contribution in [-0.4, -0.2) is 17.1 Å². The molecule has 0 bridgehead atoms. The molecule has 0 amide bonds. The van der Waals surface area contributed by atoms with Crippen molar-refractivity contribution in [1.82, 2.24) is 5.32 Å². The van der Waals surface area contributed by atoms with Crippen LogP contribution < -0.4 is 5.32 Å². The molecule has 3 nitrogen and oxygen atoms in total. The van der Waals surface area contributed by atoms with Crippen molar-refractivity contribution in [1.29, 1.82) is 0 Å². The summed E-state index contributed by atoms with van der Waals surface area (Å²) in [5.41, 5.74) is 5.38. The van der Waals surface area contributed by atoms with Gasteiger partial charge in [0.1, 0.15) is 0 Å². The van der Waals surface area contributed by atoms with Gasteiger partial charge < -0.3 is 10.4 Å². The number of aliphatic carboxylic acids is 1. The van der Waals surface area contributed by atoms with Crippen LogP contribution in [0.25, 0.3) is 0 Å². The number of hydrogen-bond acceptors (Lipinski definition) is 2. The zero-order valence-corrected chi connectivity index (χ0v) is 12.7. The number of carboxylic acid groups (broad SMARTS) is 1. The number of nitrogens with one attached hydrogen (secondary N) is 1. The molecule has 0 spiro atoms. The van der Waals surface area contributed by atoms with Gasteiger partial charge in [-0.05, 0) is 63.1 Å². The van der Waals surface area contributed by atoms with Gasteiger partial charge in [-0.15, -0.1) is 0 Å². The van der Waals surface area contributed by atoms with Gasteiger partial charge in [-0.2, -0.15) is 0 Å². The molecule has 1 aliphatic carbocycles. The van der Waals surface area contributed by atoms with Gasteiger partial charge in [-0.1, -0.05) is 17.7 Å². The van der Waals surface area contributed by atoms with Crippen molar-refractivity contribution in [3.8, 4) is 0 Å². The maximum absolute atomic E-state index is 10.9. The van der Waals surface area contributed by atoms with Gasteiger partial charge in [0.25, 0.3) is 0 Å². The molecule has 0 unspecified atom stereocenters. The van der Waals surface area contributed by atoms with Crippen LogP contribution >= 0.6 is 0 Å². The van der Waals surface area contributed by atoms with Crippen LogP contribution in [-0.2, 0) is 11.3 Å². The van der Waals surface area contributed by atoms with E-state index in [0.29, 0.717) is 6.04 Å². The molecule has 1 aromatic rings. The maximum Gasteiger partial charge on any atom is 0.306 e. The van der Waals surface area contributed by atoms with Crippen LogP contribution in [0.3, 0.4) is 0 Å². The lowest BCUT2D eigenvalue weighted by atomic mass is 9.86. The van der Waals surface area contributed by atoms with Crippen molar-refractivity contribution in [3.63, 3.8) is 0 Å². The molecule has 1 saturated carbocycles. The molecular formula is C17H25NO2. The van der Waals surface area contributed by atoms with Gasteiger partial charge in [0, 0.05) is 12.6 Å². The number of benzene rings is 1. The van der Waals surface area contributed by atoms with Gasteiger partial charge in [0.2, 0.25) is 0 Å². The molecule has 1 aliphatic rings. The topological polar surface area (TPSA) is 49.3 Å². The van der Waals surface area contributed by atoms with Crippen LogP contribution in [0, 0.1) is 26.7 Å². The first kappa shape index (κ1) is 15.0.